The van der Waals surface area contributed by atoms with Crippen LogP contribution in [0.2, 0.25) is 10.0 Å². The summed E-state index contributed by atoms with van der Waals surface area (Å²) in [5.41, 5.74) is 1.02. The molecule has 2 amide bonds. The number of unbranched alkanes of at least 4 members (excludes halogenated alkanes) is 1. The van der Waals surface area contributed by atoms with E-state index in [0.29, 0.717) is 41.0 Å². The van der Waals surface area contributed by atoms with Gasteiger partial charge in [-0.3, -0.25) is 9.59 Å². The van der Waals surface area contributed by atoms with Gasteiger partial charge < -0.3 is 19.7 Å². The summed E-state index contributed by atoms with van der Waals surface area (Å²) >= 11 is 12.6. The summed E-state index contributed by atoms with van der Waals surface area (Å²) in [4.78, 5) is 26.5. The molecule has 2 aromatic carbocycles. The Morgan fingerprint density at radius 2 is 1.73 bits per heavy atom. The molecule has 162 valence electrons. The van der Waals surface area contributed by atoms with Crippen molar-refractivity contribution in [1.29, 1.82) is 0 Å². The first-order valence-electron chi connectivity index (χ1n) is 9.70. The second-order valence-electron chi connectivity index (χ2n) is 6.77. The summed E-state index contributed by atoms with van der Waals surface area (Å²) in [6, 6.07) is 7.80. The van der Waals surface area contributed by atoms with Crippen LogP contribution in [0.15, 0.2) is 30.3 Å². The number of rotatable bonds is 9. The second kappa shape index (κ2) is 11.1. The van der Waals surface area contributed by atoms with Crippen LogP contribution in [0, 0.1) is 0 Å². The molecule has 0 saturated heterocycles. The SMILES string of the molecule is CCCCOc1c(Cl)cc(C(=O)Nc2cc(C(=O)N(C)C)ccc2Cl)cc1OCC. The van der Waals surface area contributed by atoms with E-state index in [1.54, 1.807) is 32.3 Å². The van der Waals surface area contributed by atoms with Crippen molar-refractivity contribution >= 4 is 40.7 Å². The first-order chi connectivity index (χ1) is 14.3. The molecule has 0 heterocycles. The third-order valence-corrected chi connectivity index (χ3v) is 4.79. The predicted octanol–water partition coefficient (Wildman–Crippen LogP) is 5.53. The van der Waals surface area contributed by atoms with Crippen LogP contribution in [0.3, 0.4) is 0 Å². The fourth-order valence-corrected chi connectivity index (χ4v) is 3.06. The Hall–Kier alpha value is -2.44. The Bertz CT molecular complexity index is 916. The van der Waals surface area contributed by atoms with E-state index < -0.39 is 5.91 Å². The molecule has 0 atom stereocenters. The van der Waals surface area contributed by atoms with E-state index >= 15 is 0 Å². The number of hydrogen-bond donors (Lipinski definition) is 1. The summed E-state index contributed by atoms with van der Waals surface area (Å²) in [5, 5.41) is 3.33. The summed E-state index contributed by atoms with van der Waals surface area (Å²) in [7, 11) is 3.30. The van der Waals surface area contributed by atoms with Crippen molar-refractivity contribution in [3.05, 3.63) is 51.5 Å². The molecule has 2 rings (SSSR count). The zero-order valence-electron chi connectivity index (χ0n) is 17.6. The highest BCUT2D eigenvalue weighted by Gasteiger charge is 2.18. The van der Waals surface area contributed by atoms with Crippen LogP contribution in [0.25, 0.3) is 0 Å². The van der Waals surface area contributed by atoms with Gasteiger partial charge >= 0.3 is 0 Å². The van der Waals surface area contributed by atoms with Crippen LogP contribution < -0.4 is 14.8 Å². The maximum Gasteiger partial charge on any atom is 0.255 e. The van der Waals surface area contributed by atoms with E-state index in [9.17, 15) is 9.59 Å². The number of nitrogens with one attached hydrogen (secondary N) is 1. The lowest BCUT2D eigenvalue weighted by Crippen LogP contribution is -2.22. The molecule has 0 aromatic heterocycles. The standard InChI is InChI=1S/C22H26Cl2N2O4/c1-5-7-10-30-20-17(24)11-15(13-19(20)29-6-2)21(27)25-18-12-14(8-9-16(18)23)22(28)26(3)4/h8-9,11-13H,5-7,10H2,1-4H3,(H,25,27). The lowest BCUT2D eigenvalue weighted by Gasteiger charge is -2.16. The van der Waals surface area contributed by atoms with Crippen molar-refractivity contribution in [2.24, 2.45) is 0 Å². The molecule has 30 heavy (non-hydrogen) atoms. The van der Waals surface area contributed by atoms with Crippen molar-refractivity contribution in [3.8, 4) is 11.5 Å². The number of benzene rings is 2. The van der Waals surface area contributed by atoms with Crippen molar-refractivity contribution in [1.82, 2.24) is 4.90 Å². The minimum absolute atomic E-state index is 0.197. The lowest BCUT2D eigenvalue weighted by atomic mass is 10.1. The predicted molar refractivity (Wildman–Crippen MR) is 120 cm³/mol. The molecule has 1 N–H and O–H groups in total. The van der Waals surface area contributed by atoms with Gasteiger partial charge in [0, 0.05) is 25.2 Å². The highest BCUT2D eigenvalue weighted by atomic mass is 35.5. The van der Waals surface area contributed by atoms with Gasteiger partial charge in [0.1, 0.15) is 0 Å². The molecule has 8 heteroatoms. The Morgan fingerprint density at radius 3 is 2.37 bits per heavy atom. The third-order valence-electron chi connectivity index (χ3n) is 4.18. The van der Waals surface area contributed by atoms with Gasteiger partial charge in [0.05, 0.1) is 28.9 Å². The van der Waals surface area contributed by atoms with E-state index in [4.69, 9.17) is 32.7 Å². The summed E-state index contributed by atoms with van der Waals surface area (Å²) < 4.78 is 11.4. The molecule has 0 spiro atoms. The van der Waals surface area contributed by atoms with Crippen LogP contribution in [-0.4, -0.2) is 44.0 Å². The zero-order valence-corrected chi connectivity index (χ0v) is 19.1. The molecular weight excluding hydrogens is 427 g/mol. The molecule has 6 nitrogen and oxygen atoms in total. The van der Waals surface area contributed by atoms with Crippen molar-refractivity contribution in [3.63, 3.8) is 0 Å². The Kier molecular flexibility index (Phi) is 8.81. The molecule has 0 saturated carbocycles. The van der Waals surface area contributed by atoms with Crippen LogP contribution in [0.5, 0.6) is 11.5 Å². The van der Waals surface area contributed by atoms with Gasteiger partial charge in [-0.05, 0) is 43.7 Å². The van der Waals surface area contributed by atoms with Gasteiger partial charge in [-0.1, -0.05) is 36.5 Å². The molecule has 2 aromatic rings. The quantitative estimate of drug-likeness (QED) is 0.508. The Morgan fingerprint density at radius 1 is 1.00 bits per heavy atom. The van der Waals surface area contributed by atoms with Gasteiger partial charge in [-0.15, -0.1) is 0 Å². The minimum atomic E-state index is -0.436. The van der Waals surface area contributed by atoms with Crippen LogP contribution in [-0.2, 0) is 0 Å². The van der Waals surface area contributed by atoms with E-state index in [0.717, 1.165) is 12.8 Å². The van der Waals surface area contributed by atoms with Gasteiger partial charge in [0.15, 0.2) is 11.5 Å². The number of nitrogens with zero attached hydrogens (tertiary/aromatic N) is 1. The first kappa shape index (κ1) is 23.8. The summed E-state index contributed by atoms with van der Waals surface area (Å²) in [6.45, 7) is 4.80. The largest absolute Gasteiger partial charge is 0.490 e. The maximum absolute atomic E-state index is 12.8. The van der Waals surface area contributed by atoms with E-state index in [1.807, 2.05) is 6.92 Å². The number of anilines is 1. The maximum atomic E-state index is 12.8. The molecule has 0 aliphatic rings. The summed E-state index contributed by atoms with van der Waals surface area (Å²) in [6.07, 6.45) is 1.86. The van der Waals surface area contributed by atoms with Gasteiger partial charge in [0.25, 0.3) is 11.8 Å². The van der Waals surface area contributed by atoms with E-state index in [1.165, 1.54) is 17.0 Å². The zero-order chi connectivity index (χ0) is 22.3. The van der Waals surface area contributed by atoms with E-state index in [2.05, 4.69) is 12.2 Å². The normalized spacial score (nSPS) is 10.5. The highest BCUT2D eigenvalue weighted by Crippen LogP contribution is 2.37. The molecule has 0 aliphatic heterocycles. The number of carbonyl (C=O) groups excluding carboxylic acids is 2. The highest BCUT2D eigenvalue weighted by molar-refractivity contribution is 6.34. The third kappa shape index (κ3) is 6.03. The topological polar surface area (TPSA) is 67.9 Å². The van der Waals surface area contributed by atoms with Crippen molar-refractivity contribution in [2.75, 3.05) is 32.6 Å². The second-order valence-corrected chi connectivity index (χ2v) is 7.58. The van der Waals surface area contributed by atoms with E-state index in [-0.39, 0.29) is 16.5 Å². The molecule has 0 aliphatic carbocycles. The fourth-order valence-electron chi connectivity index (χ4n) is 2.63. The van der Waals surface area contributed by atoms with Crippen LogP contribution in [0.1, 0.15) is 47.4 Å². The van der Waals surface area contributed by atoms with Gasteiger partial charge in [-0.25, -0.2) is 0 Å². The molecule has 0 unspecified atom stereocenters. The van der Waals surface area contributed by atoms with Crippen LogP contribution >= 0.6 is 23.2 Å². The van der Waals surface area contributed by atoms with Crippen molar-refractivity contribution in [2.45, 2.75) is 26.7 Å². The monoisotopic (exact) mass is 452 g/mol. The summed E-state index contributed by atoms with van der Waals surface area (Å²) in [5.74, 6) is 0.181. The number of amides is 2. The molecule has 0 fully saturated rings. The first-order valence-corrected chi connectivity index (χ1v) is 10.5. The van der Waals surface area contributed by atoms with Crippen LogP contribution in [0.4, 0.5) is 5.69 Å². The lowest BCUT2D eigenvalue weighted by molar-refractivity contribution is 0.0827. The van der Waals surface area contributed by atoms with Crippen molar-refractivity contribution < 1.29 is 19.1 Å². The minimum Gasteiger partial charge on any atom is -0.490 e. The smallest absolute Gasteiger partial charge is 0.255 e. The number of halogens is 2. The Balaban J connectivity index is 2.30. The van der Waals surface area contributed by atoms with Gasteiger partial charge in [-0.2, -0.15) is 0 Å². The average Bonchev–Trinajstić information content (AvgIpc) is 2.70. The number of carbonyl (C=O) groups is 2. The van der Waals surface area contributed by atoms with Gasteiger partial charge in [0.2, 0.25) is 0 Å². The molecule has 0 radical (unpaired) electrons. The number of ether oxygens (including phenoxy) is 2. The molecular formula is C22H26Cl2N2O4. The fraction of sp³-hybridized carbons (Fsp3) is 0.364. The average molecular weight is 453 g/mol. The number of hydrogen-bond acceptors (Lipinski definition) is 4. The molecule has 0 bridgehead atoms. The Labute approximate surface area is 187 Å².